The Morgan fingerprint density at radius 2 is 1.78 bits per heavy atom. The molecular formula is C21H30N2O3S. The van der Waals surface area contributed by atoms with Crippen LogP contribution in [0.3, 0.4) is 0 Å². The van der Waals surface area contributed by atoms with Gasteiger partial charge in [0, 0.05) is 43.7 Å². The third kappa shape index (κ3) is 2.83. The lowest BCUT2D eigenvalue weighted by atomic mass is 9.70. The molecule has 27 heavy (non-hydrogen) atoms. The van der Waals surface area contributed by atoms with E-state index in [0.29, 0.717) is 38.5 Å². The molecule has 0 amide bonds. The summed E-state index contributed by atoms with van der Waals surface area (Å²) in [6.45, 7) is 8.65. The van der Waals surface area contributed by atoms with E-state index in [1.54, 1.807) is 4.31 Å². The number of ketones is 1. The molecule has 5 nitrogen and oxygen atoms in total. The maximum absolute atomic E-state index is 13.2. The van der Waals surface area contributed by atoms with Crippen LogP contribution in [0.5, 0.6) is 0 Å². The molecular weight excluding hydrogens is 360 g/mol. The van der Waals surface area contributed by atoms with Gasteiger partial charge < -0.3 is 4.90 Å². The van der Waals surface area contributed by atoms with Crippen LogP contribution in [-0.4, -0.2) is 50.4 Å². The van der Waals surface area contributed by atoms with Crippen LogP contribution in [0.1, 0.15) is 38.7 Å². The highest BCUT2D eigenvalue weighted by atomic mass is 32.2. The minimum absolute atomic E-state index is 0.00724. The normalized spacial score (nSPS) is 30.9. The second kappa shape index (κ2) is 6.31. The highest BCUT2D eigenvalue weighted by Crippen LogP contribution is 2.64. The van der Waals surface area contributed by atoms with Gasteiger partial charge in [0.15, 0.2) is 0 Å². The van der Waals surface area contributed by atoms with Crippen molar-refractivity contribution >= 4 is 21.5 Å². The molecule has 2 atom stereocenters. The zero-order valence-electron chi connectivity index (χ0n) is 16.6. The fourth-order valence-corrected chi connectivity index (χ4v) is 7.84. The zero-order chi connectivity index (χ0) is 19.4. The van der Waals surface area contributed by atoms with E-state index in [0.717, 1.165) is 12.8 Å². The topological polar surface area (TPSA) is 57.7 Å². The number of hydrogen-bond acceptors (Lipinski definition) is 4. The molecule has 6 heteroatoms. The van der Waals surface area contributed by atoms with Gasteiger partial charge in [-0.15, -0.1) is 0 Å². The number of rotatable bonds is 4. The monoisotopic (exact) mass is 390 g/mol. The van der Waals surface area contributed by atoms with Crippen LogP contribution < -0.4 is 4.90 Å². The Labute approximate surface area is 162 Å². The highest BCUT2D eigenvalue weighted by molar-refractivity contribution is 7.89. The predicted molar refractivity (Wildman–Crippen MR) is 107 cm³/mol. The number of carbonyl (C=O) groups is 1. The predicted octanol–water partition coefficient (Wildman–Crippen LogP) is 2.84. The number of carbonyl (C=O) groups excluding carboxylic acids is 1. The van der Waals surface area contributed by atoms with E-state index < -0.39 is 15.4 Å². The summed E-state index contributed by atoms with van der Waals surface area (Å²) in [6, 6.07) is 8.22. The number of hydrogen-bond donors (Lipinski definition) is 0. The third-order valence-electron chi connectivity index (χ3n) is 7.66. The van der Waals surface area contributed by atoms with Crippen molar-refractivity contribution in [2.24, 2.45) is 16.7 Å². The van der Waals surface area contributed by atoms with Crippen molar-refractivity contribution in [3.05, 3.63) is 29.8 Å². The van der Waals surface area contributed by atoms with Crippen molar-refractivity contribution in [1.29, 1.82) is 0 Å². The van der Waals surface area contributed by atoms with Gasteiger partial charge in [-0.05, 0) is 42.7 Å². The van der Waals surface area contributed by atoms with Crippen LogP contribution in [0.15, 0.2) is 24.3 Å². The molecule has 1 saturated heterocycles. The fourth-order valence-electron chi connectivity index (χ4n) is 5.64. The Morgan fingerprint density at radius 1 is 1.11 bits per heavy atom. The van der Waals surface area contributed by atoms with Crippen LogP contribution in [0, 0.1) is 23.7 Å². The standard InChI is InChI=1S/C21H30N2O3S/c1-16-6-4-5-7-18(16)22-10-12-23(13-11-22)27(25,26)15-21-9-8-17(14-19(21)24)20(21,2)3/h4-7,17H,8-15H2,1-3H3/t17-,21+/m0/s1. The summed E-state index contributed by atoms with van der Waals surface area (Å²) >= 11 is 0. The minimum Gasteiger partial charge on any atom is -0.369 e. The number of nitrogens with zero attached hydrogens (tertiary/aromatic N) is 2. The molecule has 1 aromatic rings. The lowest BCUT2D eigenvalue weighted by Crippen LogP contribution is -2.52. The zero-order valence-corrected chi connectivity index (χ0v) is 17.4. The Balaban J connectivity index is 1.48. The Morgan fingerprint density at radius 3 is 2.33 bits per heavy atom. The summed E-state index contributed by atoms with van der Waals surface area (Å²) in [6.07, 6.45) is 2.27. The van der Waals surface area contributed by atoms with Gasteiger partial charge in [-0.3, -0.25) is 4.79 Å². The Hall–Kier alpha value is -1.40. The summed E-state index contributed by atoms with van der Waals surface area (Å²) in [5, 5.41) is 0. The quantitative estimate of drug-likeness (QED) is 0.793. The van der Waals surface area contributed by atoms with E-state index in [4.69, 9.17) is 0 Å². The summed E-state index contributed by atoms with van der Waals surface area (Å²) in [4.78, 5) is 15.0. The van der Waals surface area contributed by atoms with E-state index in [-0.39, 0.29) is 17.0 Å². The SMILES string of the molecule is Cc1ccccc1N1CCN(S(=O)(=O)C[C@]23CC[C@@H](CC2=O)C3(C)C)CC1. The smallest absolute Gasteiger partial charge is 0.215 e. The summed E-state index contributed by atoms with van der Waals surface area (Å²) in [7, 11) is -3.44. The minimum atomic E-state index is -3.44. The van der Waals surface area contributed by atoms with Crippen molar-refractivity contribution in [1.82, 2.24) is 4.31 Å². The van der Waals surface area contributed by atoms with Crippen molar-refractivity contribution in [2.45, 2.75) is 40.0 Å². The molecule has 2 aliphatic carbocycles. The van der Waals surface area contributed by atoms with Crippen LogP contribution in [0.25, 0.3) is 0 Å². The van der Waals surface area contributed by atoms with Gasteiger partial charge in [0.05, 0.1) is 5.75 Å². The van der Waals surface area contributed by atoms with Crippen LogP contribution in [0.4, 0.5) is 5.69 Å². The summed E-state index contributed by atoms with van der Waals surface area (Å²) in [5.74, 6) is 0.510. The average molecular weight is 391 g/mol. The van der Waals surface area contributed by atoms with Gasteiger partial charge in [0.2, 0.25) is 10.0 Å². The number of benzene rings is 1. The van der Waals surface area contributed by atoms with Crippen molar-refractivity contribution in [3.63, 3.8) is 0 Å². The van der Waals surface area contributed by atoms with Gasteiger partial charge in [0.1, 0.15) is 5.78 Å². The second-order valence-corrected chi connectivity index (χ2v) is 11.1. The molecule has 1 heterocycles. The lowest BCUT2D eigenvalue weighted by Gasteiger charge is -2.40. The first-order valence-electron chi connectivity index (χ1n) is 9.99. The maximum atomic E-state index is 13.2. The molecule has 0 N–H and O–H groups in total. The van der Waals surface area contributed by atoms with E-state index in [9.17, 15) is 13.2 Å². The first-order chi connectivity index (χ1) is 12.7. The van der Waals surface area contributed by atoms with E-state index >= 15 is 0 Å². The number of piperazine rings is 1. The second-order valence-electron chi connectivity index (χ2n) is 9.10. The molecule has 3 fully saturated rings. The molecule has 3 aliphatic rings. The first-order valence-corrected chi connectivity index (χ1v) is 11.6. The molecule has 0 aromatic heterocycles. The largest absolute Gasteiger partial charge is 0.369 e. The van der Waals surface area contributed by atoms with Crippen molar-refractivity contribution in [2.75, 3.05) is 36.8 Å². The van der Waals surface area contributed by atoms with E-state index in [2.05, 4.69) is 37.8 Å². The third-order valence-corrected chi connectivity index (χ3v) is 9.67. The fraction of sp³-hybridized carbons (Fsp3) is 0.667. The molecule has 2 saturated carbocycles. The first kappa shape index (κ1) is 18.9. The molecule has 4 rings (SSSR count). The highest BCUT2D eigenvalue weighted by Gasteiger charge is 2.65. The molecule has 0 unspecified atom stereocenters. The van der Waals surface area contributed by atoms with E-state index in [1.807, 2.05) is 12.1 Å². The molecule has 1 aliphatic heterocycles. The number of aryl methyl sites for hydroxylation is 1. The van der Waals surface area contributed by atoms with Crippen LogP contribution in [-0.2, 0) is 14.8 Å². The molecule has 0 spiro atoms. The van der Waals surface area contributed by atoms with Gasteiger partial charge in [-0.2, -0.15) is 4.31 Å². The summed E-state index contributed by atoms with van der Waals surface area (Å²) in [5.41, 5.74) is 1.51. The number of fused-ring (bicyclic) bond motifs is 2. The Kier molecular flexibility index (Phi) is 4.43. The molecule has 1 aromatic carbocycles. The molecule has 148 valence electrons. The summed E-state index contributed by atoms with van der Waals surface area (Å²) < 4.78 is 28.1. The van der Waals surface area contributed by atoms with Crippen molar-refractivity contribution < 1.29 is 13.2 Å². The van der Waals surface area contributed by atoms with Crippen molar-refractivity contribution in [3.8, 4) is 0 Å². The van der Waals surface area contributed by atoms with Gasteiger partial charge >= 0.3 is 0 Å². The average Bonchev–Trinajstić information content (AvgIpc) is 2.96. The maximum Gasteiger partial charge on any atom is 0.215 e. The van der Waals surface area contributed by atoms with E-state index in [1.165, 1.54) is 11.3 Å². The Bertz CT molecular complexity index is 856. The number of Topliss-reactive ketones (excluding diaryl/α,β-unsaturated/α-hetero) is 1. The van der Waals surface area contributed by atoms with Gasteiger partial charge in [-0.25, -0.2) is 8.42 Å². The number of sulfonamides is 1. The van der Waals surface area contributed by atoms with Crippen LogP contribution in [0.2, 0.25) is 0 Å². The lowest BCUT2D eigenvalue weighted by molar-refractivity contribution is -0.128. The number of para-hydroxylation sites is 1. The molecule has 0 radical (unpaired) electrons. The van der Waals surface area contributed by atoms with Gasteiger partial charge in [-0.1, -0.05) is 32.0 Å². The van der Waals surface area contributed by atoms with Crippen LogP contribution >= 0.6 is 0 Å². The number of anilines is 1. The van der Waals surface area contributed by atoms with Gasteiger partial charge in [0.25, 0.3) is 0 Å². The molecule has 2 bridgehead atoms.